The van der Waals surface area contributed by atoms with E-state index in [0.29, 0.717) is 0 Å². The van der Waals surface area contributed by atoms with Crippen LogP contribution in [0.5, 0.6) is 0 Å². The summed E-state index contributed by atoms with van der Waals surface area (Å²) in [6.07, 6.45) is 5.12. The third-order valence-electron chi connectivity index (χ3n) is 5.19. The van der Waals surface area contributed by atoms with Gasteiger partial charge in [-0.1, -0.05) is 36.4 Å². The molecule has 0 saturated heterocycles. The maximum absolute atomic E-state index is 11.1. The van der Waals surface area contributed by atoms with Crippen molar-refractivity contribution in [2.24, 2.45) is 0 Å². The summed E-state index contributed by atoms with van der Waals surface area (Å²) < 4.78 is 1.32. The number of alkyl halides is 1. The van der Waals surface area contributed by atoms with E-state index in [1.807, 2.05) is 24.3 Å². The molecule has 2 aliphatic rings. The van der Waals surface area contributed by atoms with Gasteiger partial charge >= 0.3 is 0 Å². The number of nitrogens with one attached hydrogen (secondary N) is 1. The van der Waals surface area contributed by atoms with E-state index in [1.165, 1.54) is 40.0 Å². The van der Waals surface area contributed by atoms with Crippen molar-refractivity contribution in [1.82, 2.24) is 4.42 Å². The molecule has 2 aromatic carbocycles. The smallest absolute Gasteiger partial charge is 0.239 e. The zero-order valence-corrected chi connectivity index (χ0v) is 17.4. The number of hydrogen-bond donors (Lipinski definition) is 1. The molecule has 6 heteroatoms. The fourth-order valence-corrected chi connectivity index (χ4v) is 4.08. The van der Waals surface area contributed by atoms with Crippen molar-refractivity contribution >= 4 is 40.9 Å². The molecule has 1 N–H and O–H groups in total. The molecule has 0 heterocycles. The second-order valence-electron chi connectivity index (χ2n) is 7.14. The minimum absolute atomic E-state index is 0.0175. The van der Waals surface area contributed by atoms with E-state index < -0.39 is 0 Å². The van der Waals surface area contributed by atoms with Gasteiger partial charge in [0.15, 0.2) is 0 Å². The van der Waals surface area contributed by atoms with E-state index in [2.05, 4.69) is 23.5 Å². The second-order valence-corrected chi connectivity index (χ2v) is 7.77. The van der Waals surface area contributed by atoms with Crippen LogP contribution < -0.4 is 5.32 Å². The van der Waals surface area contributed by atoms with Crippen LogP contribution in [0, 0.1) is 0 Å². The molecular formula is C22H24Cl2N2O2. The Morgan fingerprint density at radius 3 is 2.29 bits per heavy atom. The number of aryl methyl sites for hydroxylation is 1. The first-order valence-electron chi connectivity index (χ1n) is 9.48. The monoisotopic (exact) mass is 418 g/mol. The Morgan fingerprint density at radius 2 is 1.68 bits per heavy atom. The number of carbonyl (C=O) groups excluding carboxylic acids is 2. The molecule has 0 bridgehead atoms. The Bertz CT molecular complexity index is 844. The maximum atomic E-state index is 11.1. The number of hydrogen-bond acceptors (Lipinski definition) is 2. The Morgan fingerprint density at radius 1 is 1.04 bits per heavy atom. The first-order valence-corrected chi connectivity index (χ1v) is 10.4. The van der Waals surface area contributed by atoms with Crippen molar-refractivity contribution in [2.75, 3.05) is 11.2 Å². The van der Waals surface area contributed by atoms with Crippen molar-refractivity contribution in [3.8, 4) is 0 Å². The summed E-state index contributed by atoms with van der Waals surface area (Å²) in [5, 5.41) is 2.82. The lowest BCUT2D eigenvalue weighted by molar-refractivity contribution is -0.125. The molecule has 0 unspecified atom stereocenters. The van der Waals surface area contributed by atoms with Gasteiger partial charge in [0.1, 0.15) is 5.88 Å². The van der Waals surface area contributed by atoms with Crippen molar-refractivity contribution < 1.29 is 9.59 Å². The summed E-state index contributed by atoms with van der Waals surface area (Å²) in [6, 6.07) is 14.4. The third-order valence-corrected chi connectivity index (χ3v) is 5.95. The van der Waals surface area contributed by atoms with Crippen molar-refractivity contribution in [3.63, 3.8) is 0 Å². The lowest BCUT2D eigenvalue weighted by atomic mass is 10.1. The number of benzene rings is 2. The summed E-state index contributed by atoms with van der Waals surface area (Å²) in [4.78, 5) is 22.2. The van der Waals surface area contributed by atoms with Crippen LogP contribution in [0.25, 0.3) is 0 Å². The predicted octanol–water partition coefficient (Wildman–Crippen LogP) is 4.51. The molecule has 0 saturated carbocycles. The highest BCUT2D eigenvalue weighted by Crippen LogP contribution is 2.28. The quantitative estimate of drug-likeness (QED) is 0.588. The van der Waals surface area contributed by atoms with E-state index in [9.17, 15) is 9.59 Å². The summed E-state index contributed by atoms with van der Waals surface area (Å²) in [6.45, 7) is 1.50. The van der Waals surface area contributed by atoms with Gasteiger partial charge in [-0.15, -0.1) is 11.6 Å². The van der Waals surface area contributed by atoms with Crippen LogP contribution in [0.4, 0.5) is 5.69 Å². The van der Waals surface area contributed by atoms with Crippen LogP contribution in [0.15, 0.2) is 42.5 Å². The highest BCUT2D eigenvalue weighted by molar-refractivity contribution is 6.29. The van der Waals surface area contributed by atoms with Crippen LogP contribution in [0.2, 0.25) is 0 Å². The zero-order chi connectivity index (χ0) is 20.1. The minimum atomic E-state index is -0.132. The number of fused-ring (bicyclic) bond motifs is 2. The minimum Gasteiger partial charge on any atom is -0.325 e. The second kappa shape index (κ2) is 9.44. The number of nitrogens with zero attached hydrogens (tertiary/aromatic N) is 1. The molecule has 0 atom stereocenters. The molecule has 0 aliphatic heterocycles. The molecular weight excluding hydrogens is 395 g/mol. The number of rotatable bonds is 3. The topological polar surface area (TPSA) is 49.4 Å². The van der Waals surface area contributed by atoms with Crippen molar-refractivity contribution in [3.05, 3.63) is 64.7 Å². The summed E-state index contributed by atoms with van der Waals surface area (Å²) >= 11 is 11.3. The van der Waals surface area contributed by atoms with E-state index in [0.717, 1.165) is 31.4 Å². The molecule has 0 fully saturated rings. The molecule has 0 radical (unpaired) electrons. The number of anilines is 1. The summed E-state index contributed by atoms with van der Waals surface area (Å²) in [5.41, 5.74) is 6.20. The normalized spacial score (nSPS) is 14.5. The number of amides is 2. The first kappa shape index (κ1) is 20.7. The van der Waals surface area contributed by atoms with E-state index in [1.54, 1.807) is 0 Å². The van der Waals surface area contributed by atoms with Gasteiger partial charge in [-0.05, 0) is 60.4 Å². The van der Waals surface area contributed by atoms with E-state index in [4.69, 9.17) is 23.4 Å². The van der Waals surface area contributed by atoms with E-state index in [-0.39, 0.29) is 23.7 Å². The molecule has 2 aromatic rings. The fraction of sp³-hybridized carbons (Fsp3) is 0.364. The molecule has 4 rings (SSSR count). The summed E-state index contributed by atoms with van der Waals surface area (Å²) in [7, 11) is 0. The number of carbonyl (C=O) groups is 2. The fourth-order valence-electron chi connectivity index (χ4n) is 3.87. The predicted molar refractivity (Wildman–Crippen MR) is 114 cm³/mol. The SMILES string of the molecule is CC(=O)N(Cl)C1Cc2ccccc2C1.O=C(CCl)Nc1cccc2c1CCC2. The van der Waals surface area contributed by atoms with Gasteiger partial charge in [-0.3, -0.25) is 14.0 Å². The largest absolute Gasteiger partial charge is 0.325 e. The van der Waals surface area contributed by atoms with Crippen LogP contribution in [0.3, 0.4) is 0 Å². The van der Waals surface area contributed by atoms with Crippen LogP contribution in [-0.2, 0) is 35.3 Å². The Hall–Kier alpha value is -2.04. The standard InChI is InChI=1S/2C11H12ClNO/c1-8(14)13(12)11-6-9-4-2-3-5-10(9)7-11;12-7-11(14)13-10-6-2-4-8-3-1-5-9(8)10/h2-5,11H,6-7H2,1H3;2,4,6H,1,3,5,7H2,(H,13,14). The average molecular weight is 419 g/mol. The lowest BCUT2D eigenvalue weighted by Crippen LogP contribution is -2.31. The van der Waals surface area contributed by atoms with Gasteiger partial charge in [0.05, 0.1) is 6.04 Å². The molecule has 0 aromatic heterocycles. The van der Waals surface area contributed by atoms with Gasteiger partial charge in [0, 0.05) is 24.4 Å². The zero-order valence-electron chi connectivity index (χ0n) is 15.9. The van der Waals surface area contributed by atoms with Gasteiger partial charge in [0.25, 0.3) is 0 Å². The Balaban J connectivity index is 0.000000161. The van der Waals surface area contributed by atoms with Gasteiger partial charge in [-0.25, -0.2) is 0 Å². The molecule has 28 heavy (non-hydrogen) atoms. The third kappa shape index (κ3) is 4.86. The molecule has 148 valence electrons. The van der Waals surface area contributed by atoms with Gasteiger partial charge in [-0.2, -0.15) is 0 Å². The van der Waals surface area contributed by atoms with Crippen molar-refractivity contribution in [2.45, 2.75) is 45.1 Å². The average Bonchev–Trinajstić information content (AvgIpc) is 3.35. The summed E-state index contributed by atoms with van der Waals surface area (Å²) in [5.74, 6) is -0.194. The van der Waals surface area contributed by atoms with Crippen LogP contribution in [0.1, 0.15) is 35.6 Å². The lowest BCUT2D eigenvalue weighted by Gasteiger charge is -2.18. The van der Waals surface area contributed by atoms with Crippen LogP contribution in [-0.4, -0.2) is 28.2 Å². The van der Waals surface area contributed by atoms with Crippen LogP contribution >= 0.6 is 23.4 Å². The molecule has 0 spiro atoms. The first-order chi connectivity index (χ1) is 13.5. The number of halogens is 2. The van der Waals surface area contributed by atoms with Crippen molar-refractivity contribution in [1.29, 1.82) is 0 Å². The molecule has 4 nitrogen and oxygen atoms in total. The Kier molecular flexibility index (Phi) is 6.97. The Labute approximate surface area is 175 Å². The molecule has 2 amide bonds. The van der Waals surface area contributed by atoms with Gasteiger partial charge < -0.3 is 5.32 Å². The highest BCUT2D eigenvalue weighted by Gasteiger charge is 2.27. The van der Waals surface area contributed by atoms with E-state index >= 15 is 0 Å². The molecule has 2 aliphatic carbocycles. The van der Waals surface area contributed by atoms with Gasteiger partial charge in [0.2, 0.25) is 11.8 Å². The highest BCUT2D eigenvalue weighted by atomic mass is 35.5. The maximum Gasteiger partial charge on any atom is 0.239 e.